The zero-order valence-electron chi connectivity index (χ0n) is 10.3. The Labute approximate surface area is 110 Å². The van der Waals surface area contributed by atoms with E-state index in [9.17, 15) is 14.7 Å². The molecule has 0 aromatic heterocycles. The van der Waals surface area contributed by atoms with Crippen molar-refractivity contribution in [2.45, 2.75) is 19.3 Å². The van der Waals surface area contributed by atoms with Crippen LogP contribution >= 0.6 is 0 Å². The lowest BCUT2D eigenvalue weighted by Gasteiger charge is -2.16. The van der Waals surface area contributed by atoms with E-state index in [2.05, 4.69) is 5.32 Å². The number of rotatable bonds is 2. The number of Topliss-reactive ketones (excluding diaryl/α,β-unsaturated/α-hetero) is 1. The predicted molar refractivity (Wildman–Crippen MR) is 70.1 cm³/mol. The molecule has 1 aromatic carbocycles. The Kier molecular flexibility index (Phi) is 3.75. The number of hydrogen-bond acceptors (Lipinski definition) is 4. The standard InChI is InChI=1S/C14H14N2O3/c15-13(12-10(17)7-4-8-11(12)18)16-14(19)9-5-2-1-3-6-9/h1-3,5-6,17H,4,7-8H2,(H2,15,16,19). The molecular weight excluding hydrogens is 244 g/mol. The fourth-order valence-corrected chi connectivity index (χ4v) is 1.95. The highest BCUT2D eigenvalue weighted by molar-refractivity contribution is 6.25. The van der Waals surface area contributed by atoms with Gasteiger partial charge in [0.1, 0.15) is 11.6 Å². The summed E-state index contributed by atoms with van der Waals surface area (Å²) in [6.45, 7) is 0. The van der Waals surface area contributed by atoms with Gasteiger partial charge in [0, 0.05) is 18.4 Å². The van der Waals surface area contributed by atoms with Crippen LogP contribution in [-0.4, -0.2) is 22.6 Å². The van der Waals surface area contributed by atoms with E-state index < -0.39 is 5.91 Å². The van der Waals surface area contributed by atoms with Crippen LogP contribution < -0.4 is 5.32 Å². The molecule has 3 N–H and O–H groups in total. The quantitative estimate of drug-likeness (QED) is 0.559. The fraction of sp³-hybridized carbons (Fsp3) is 0.214. The molecule has 1 aliphatic rings. The lowest BCUT2D eigenvalue weighted by atomic mass is 9.95. The monoisotopic (exact) mass is 258 g/mol. The Morgan fingerprint density at radius 3 is 2.53 bits per heavy atom. The lowest BCUT2D eigenvalue weighted by molar-refractivity contribution is -0.115. The molecular formula is C14H14N2O3. The van der Waals surface area contributed by atoms with Gasteiger partial charge in [-0.25, -0.2) is 0 Å². The van der Waals surface area contributed by atoms with E-state index in [1.54, 1.807) is 30.3 Å². The maximum Gasteiger partial charge on any atom is 0.256 e. The summed E-state index contributed by atoms with van der Waals surface area (Å²) in [5, 5.41) is 19.7. The molecule has 0 saturated carbocycles. The smallest absolute Gasteiger partial charge is 0.256 e. The molecule has 2 rings (SSSR count). The minimum atomic E-state index is -0.468. The van der Waals surface area contributed by atoms with Crippen molar-refractivity contribution in [3.8, 4) is 0 Å². The third-order valence-electron chi connectivity index (χ3n) is 2.91. The van der Waals surface area contributed by atoms with E-state index in [-0.39, 0.29) is 23.0 Å². The number of amides is 1. The first-order chi connectivity index (χ1) is 9.09. The zero-order chi connectivity index (χ0) is 13.8. The van der Waals surface area contributed by atoms with Crippen molar-refractivity contribution in [1.29, 1.82) is 5.41 Å². The molecule has 98 valence electrons. The first-order valence-electron chi connectivity index (χ1n) is 6.00. The Morgan fingerprint density at radius 1 is 1.21 bits per heavy atom. The van der Waals surface area contributed by atoms with Gasteiger partial charge in [0.2, 0.25) is 0 Å². The van der Waals surface area contributed by atoms with Gasteiger partial charge in [-0.2, -0.15) is 0 Å². The number of nitrogens with one attached hydrogen (secondary N) is 2. The SMILES string of the molecule is N=C(NC(=O)c1ccccc1)C1=C(O)CCCC1=O. The predicted octanol–water partition coefficient (Wildman–Crippen LogP) is 1.96. The molecule has 0 fully saturated rings. The number of carbonyl (C=O) groups is 2. The van der Waals surface area contributed by atoms with Crippen molar-refractivity contribution in [2.75, 3.05) is 0 Å². The highest BCUT2D eigenvalue weighted by Gasteiger charge is 2.25. The van der Waals surface area contributed by atoms with Crippen molar-refractivity contribution in [3.05, 3.63) is 47.2 Å². The number of ketones is 1. The Bertz CT molecular complexity index is 561. The third kappa shape index (κ3) is 2.88. The molecule has 0 atom stereocenters. The summed E-state index contributed by atoms with van der Waals surface area (Å²) in [7, 11) is 0. The third-order valence-corrected chi connectivity index (χ3v) is 2.91. The number of aliphatic hydroxyl groups is 1. The molecule has 0 radical (unpaired) electrons. The van der Waals surface area contributed by atoms with Crippen molar-refractivity contribution in [3.63, 3.8) is 0 Å². The number of hydrogen-bond donors (Lipinski definition) is 3. The topological polar surface area (TPSA) is 90.2 Å². The molecule has 0 aliphatic heterocycles. The second-order valence-electron chi connectivity index (χ2n) is 4.29. The second kappa shape index (κ2) is 5.48. The van der Waals surface area contributed by atoms with Crippen molar-refractivity contribution in [1.82, 2.24) is 5.32 Å². The summed E-state index contributed by atoms with van der Waals surface area (Å²) in [5.41, 5.74) is 0.325. The first-order valence-corrected chi connectivity index (χ1v) is 6.00. The summed E-state index contributed by atoms with van der Waals surface area (Å²) >= 11 is 0. The van der Waals surface area contributed by atoms with Gasteiger partial charge < -0.3 is 10.4 Å². The average molecular weight is 258 g/mol. The van der Waals surface area contributed by atoms with E-state index in [0.29, 0.717) is 24.8 Å². The maximum atomic E-state index is 11.8. The van der Waals surface area contributed by atoms with Gasteiger partial charge in [-0.1, -0.05) is 18.2 Å². The maximum absolute atomic E-state index is 11.8. The molecule has 1 amide bonds. The molecule has 19 heavy (non-hydrogen) atoms. The van der Waals surface area contributed by atoms with Crippen LogP contribution in [0.15, 0.2) is 41.7 Å². The number of aliphatic hydroxyl groups excluding tert-OH is 1. The van der Waals surface area contributed by atoms with Gasteiger partial charge in [-0.15, -0.1) is 0 Å². The highest BCUT2D eigenvalue weighted by Crippen LogP contribution is 2.20. The molecule has 0 spiro atoms. The van der Waals surface area contributed by atoms with E-state index in [1.165, 1.54) is 0 Å². The summed E-state index contributed by atoms with van der Waals surface area (Å²) in [6, 6.07) is 8.42. The highest BCUT2D eigenvalue weighted by atomic mass is 16.3. The molecule has 0 bridgehead atoms. The van der Waals surface area contributed by atoms with Crippen LogP contribution in [0.25, 0.3) is 0 Å². The number of carbonyl (C=O) groups excluding carboxylic acids is 2. The van der Waals surface area contributed by atoms with Gasteiger partial charge in [0.05, 0.1) is 5.57 Å². The molecule has 5 heteroatoms. The summed E-state index contributed by atoms with van der Waals surface area (Å²) < 4.78 is 0. The molecule has 0 unspecified atom stereocenters. The van der Waals surface area contributed by atoms with E-state index in [0.717, 1.165) is 0 Å². The molecule has 1 aromatic rings. The molecule has 0 heterocycles. The molecule has 0 saturated heterocycles. The van der Waals surface area contributed by atoms with Crippen LogP contribution in [0.2, 0.25) is 0 Å². The van der Waals surface area contributed by atoms with Crippen molar-refractivity contribution in [2.24, 2.45) is 0 Å². The van der Waals surface area contributed by atoms with Gasteiger partial charge in [-0.05, 0) is 18.6 Å². The summed E-state index contributed by atoms with van der Waals surface area (Å²) in [5.74, 6) is -1.22. The minimum Gasteiger partial charge on any atom is -0.511 e. The van der Waals surface area contributed by atoms with Gasteiger partial charge in [0.25, 0.3) is 5.91 Å². The van der Waals surface area contributed by atoms with Crippen LogP contribution in [0.5, 0.6) is 0 Å². The Morgan fingerprint density at radius 2 is 1.89 bits per heavy atom. The van der Waals surface area contributed by atoms with Crippen LogP contribution in [-0.2, 0) is 4.79 Å². The normalized spacial score (nSPS) is 15.3. The fourth-order valence-electron chi connectivity index (χ4n) is 1.95. The summed E-state index contributed by atoms with van der Waals surface area (Å²) in [6.07, 6.45) is 1.24. The van der Waals surface area contributed by atoms with Crippen LogP contribution in [0.4, 0.5) is 0 Å². The Balaban J connectivity index is 2.14. The second-order valence-corrected chi connectivity index (χ2v) is 4.29. The van der Waals surface area contributed by atoms with Crippen LogP contribution in [0, 0.1) is 5.41 Å². The van der Waals surface area contributed by atoms with Gasteiger partial charge in [0.15, 0.2) is 5.78 Å². The van der Waals surface area contributed by atoms with E-state index in [1.807, 2.05) is 0 Å². The average Bonchev–Trinajstić information content (AvgIpc) is 2.39. The van der Waals surface area contributed by atoms with Crippen molar-refractivity contribution >= 4 is 17.5 Å². The van der Waals surface area contributed by atoms with E-state index in [4.69, 9.17) is 5.41 Å². The number of benzene rings is 1. The number of amidine groups is 1. The zero-order valence-corrected chi connectivity index (χ0v) is 10.3. The van der Waals surface area contributed by atoms with E-state index >= 15 is 0 Å². The first kappa shape index (κ1) is 13.0. The molecule has 5 nitrogen and oxygen atoms in total. The van der Waals surface area contributed by atoms with Gasteiger partial charge >= 0.3 is 0 Å². The largest absolute Gasteiger partial charge is 0.511 e. The molecule has 1 aliphatic carbocycles. The minimum absolute atomic E-state index is 0.0736. The Hall–Kier alpha value is -2.43. The van der Waals surface area contributed by atoms with Crippen LogP contribution in [0.3, 0.4) is 0 Å². The lowest BCUT2D eigenvalue weighted by Crippen LogP contribution is -2.35. The number of allylic oxidation sites excluding steroid dienone is 1. The van der Waals surface area contributed by atoms with Crippen molar-refractivity contribution < 1.29 is 14.7 Å². The van der Waals surface area contributed by atoms with Crippen LogP contribution in [0.1, 0.15) is 29.6 Å². The van der Waals surface area contributed by atoms with Gasteiger partial charge in [-0.3, -0.25) is 15.0 Å². The summed E-state index contributed by atoms with van der Waals surface area (Å²) in [4.78, 5) is 23.5.